The van der Waals surface area contributed by atoms with Crippen LogP contribution in [0.5, 0.6) is 0 Å². The predicted molar refractivity (Wildman–Crippen MR) is 138 cm³/mol. The number of allylic oxidation sites excluding steroid dienone is 1. The lowest BCUT2D eigenvalue weighted by Crippen LogP contribution is -2.51. The molecule has 3 aromatic rings. The van der Waals surface area contributed by atoms with Crippen LogP contribution in [0.3, 0.4) is 0 Å². The number of carbonyl (C=O) groups excluding carboxylic acids is 2. The number of imidazole rings is 1. The van der Waals surface area contributed by atoms with Crippen molar-refractivity contribution in [2.45, 2.75) is 45.2 Å². The molecule has 3 N–H and O–H groups in total. The first-order valence-corrected chi connectivity index (χ1v) is 12.7. The molecule has 2 amide bonds. The molecule has 0 aliphatic carbocycles. The van der Waals surface area contributed by atoms with E-state index in [9.17, 15) is 23.6 Å². The van der Waals surface area contributed by atoms with Crippen molar-refractivity contribution in [2.75, 3.05) is 18.4 Å². The van der Waals surface area contributed by atoms with Crippen LogP contribution in [-0.2, 0) is 11.3 Å². The first-order chi connectivity index (χ1) is 17.6. The van der Waals surface area contributed by atoms with Crippen molar-refractivity contribution < 1.29 is 18.4 Å². The van der Waals surface area contributed by atoms with Crippen molar-refractivity contribution in [1.82, 2.24) is 14.5 Å². The topological polar surface area (TPSA) is 117 Å². The fourth-order valence-corrected chi connectivity index (χ4v) is 4.92. The Morgan fingerprint density at radius 2 is 2.03 bits per heavy atom. The predicted octanol–water partition coefficient (Wildman–Crippen LogP) is 4.71. The van der Waals surface area contributed by atoms with Crippen LogP contribution in [0.2, 0.25) is 0 Å². The number of amides is 2. The fraction of sp³-hybridized carbons (Fsp3) is 0.385. The number of nitrogens with two attached hydrogens (primary N) is 1. The molecule has 4 rings (SSSR count). The molecular weight excluding hydrogens is 498 g/mol. The molecule has 0 bridgehead atoms. The molecule has 0 spiro atoms. The largest absolute Gasteiger partial charge is 0.337 e. The van der Waals surface area contributed by atoms with E-state index in [0.29, 0.717) is 43.9 Å². The highest BCUT2D eigenvalue weighted by molar-refractivity contribution is 7.14. The van der Waals surface area contributed by atoms with E-state index in [-0.39, 0.29) is 32.7 Å². The Bertz CT molecular complexity index is 1380. The summed E-state index contributed by atoms with van der Waals surface area (Å²) in [5, 5.41) is 12.2. The number of halogens is 2. The van der Waals surface area contributed by atoms with Gasteiger partial charge in [0.15, 0.2) is 0 Å². The number of aromatic nitrogens is 2. The normalized spacial score (nSPS) is 14.6. The number of alkyl halides is 2. The van der Waals surface area contributed by atoms with E-state index in [1.54, 1.807) is 11.0 Å². The van der Waals surface area contributed by atoms with E-state index in [2.05, 4.69) is 10.3 Å². The van der Waals surface area contributed by atoms with Gasteiger partial charge < -0.3 is 15.2 Å². The Balaban J connectivity index is 1.44. The summed E-state index contributed by atoms with van der Waals surface area (Å²) in [4.78, 5) is 31.7. The highest BCUT2D eigenvalue weighted by Gasteiger charge is 2.33. The fourth-order valence-electron chi connectivity index (χ4n) is 4.16. The minimum atomic E-state index is -2.63. The summed E-state index contributed by atoms with van der Waals surface area (Å²) in [5.74, 6) is -0.411. The number of nitrogens with one attached hydrogen (secondary N) is 1. The molecule has 1 aromatic carbocycles. The standard InChI is InChI=1S/C26H28F2N6O2S/c1-26(2,30)11-5-6-17(12-29)24(36)33-13-16(14-33)15-34-19-8-4-3-7-18(19)31-25(34)32-23(35)21-10-9-20(37-21)22(27)28/h3-4,6-10,16,22H,5,11,13-15,30H2,1-2H3,(H,31,32,35)/b17-6+. The van der Waals surface area contributed by atoms with E-state index in [0.717, 1.165) is 16.9 Å². The summed E-state index contributed by atoms with van der Waals surface area (Å²) in [5.41, 5.74) is 7.20. The van der Waals surface area contributed by atoms with Crippen LogP contribution in [0, 0.1) is 17.2 Å². The van der Waals surface area contributed by atoms with Crippen LogP contribution in [0.25, 0.3) is 11.0 Å². The molecule has 37 heavy (non-hydrogen) atoms. The number of hydrogen-bond donors (Lipinski definition) is 2. The molecule has 3 heterocycles. The number of nitrogens with zero attached hydrogens (tertiary/aromatic N) is 4. The highest BCUT2D eigenvalue weighted by atomic mass is 32.1. The van der Waals surface area contributed by atoms with Crippen molar-refractivity contribution in [3.8, 4) is 6.07 Å². The van der Waals surface area contributed by atoms with Gasteiger partial charge >= 0.3 is 0 Å². The molecule has 194 valence electrons. The van der Waals surface area contributed by atoms with Crippen LogP contribution >= 0.6 is 11.3 Å². The van der Waals surface area contributed by atoms with Gasteiger partial charge in [-0.15, -0.1) is 11.3 Å². The highest BCUT2D eigenvalue weighted by Crippen LogP contribution is 2.29. The molecule has 1 fully saturated rings. The van der Waals surface area contributed by atoms with E-state index in [1.165, 1.54) is 12.1 Å². The third kappa shape index (κ3) is 6.21. The van der Waals surface area contributed by atoms with Crippen molar-refractivity contribution >= 4 is 40.1 Å². The SMILES string of the molecule is CC(C)(N)CC/C=C(\C#N)C(=O)N1CC(Cn2c(NC(=O)c3ccc(C(F)F)s3)nc3ccccc32)C1. The van der Waals surface area contributed by atoms with Gasteiger partial charge in [-0.05, 0) is 51.0 Å². The molecule has 0 radical (unpaired) electrons. The summed E-state index contributed by atoms with van der Waals surface area (Å²) in [6.07, 6.45) is 0.211. The van der Waals surface area contributed by atoms with Crippen LogP contribution in [-0.4, -0.2) is 44.9 Å². The molecule has 1 aliphatic heterocycles. The summed E-state index contributed by atoms with van der Waals surface area (Å²) in [7, 11) is 0. The van der Waals surface area contributed by atoms with Gasteiger partial charge in [0.1, 0.15) is 11.6 Å². The molecule has 0 saturated carbocycles. The zero-order valence-electron chi connectivity index (χ0n) is 20.6. The number of nitriles is 1. The van der Waals surface area contributed by atoms with Crippen LogP contribution in [0.15, 0.2) is 48.0 Å². The molecule has 1 aliphatic rings. The first kappa shape index (κ1) is 26.4. The van der Waals surface area contributed by atoms with Gasteiger partial charge in [0, 0.05) is 31.1 Å². The van der Waals surface area contributed by atoms with Crippen molar-refractivity contribution in [1.29, 1.82) is 5.26 Å². The second-order valence-electron chi connectivity index (χ2n) is 9.82. The number of anilines is 1. The first-order valence-electron chi connectivity index (χ1n) is 11.9. The Hall–Kier alpha value is -3.62. The average Bonchev–Trinajstić information content (AvgIpc) is 3.43. The maximum absolute atomic E-state index is 12.9. The Morgan fingerprint density at radius 1 is 1.30 bits per heavy atom. The van der Waals surface area contributed by atoms with Gasteiger partial charge in [0.25, 0.3) is 18.2 Å². The Labute approximate surface area is 217 Å². The zero-order valence-corrected chi connectivity index (χ0v) is 21.4. The summed E-state index contributed by atoms with van der Waals surface area (Å²) < 4.78 is 27.7. The lowest BCUT2D eigenvalue weighted by atomic mass is 9.97. The molecule has 1 saturated heterocycles. The van der Waals surface area contributed by atoms with Crippen molar-refractivity contribution in [3.05, 3.63) is 57.8 Å². The lowest BCUT2D eigenvalue weighted by Gasteiger charge is -2.39. The van der Waals surface area contributed by atoms with Gasteiger partial charge in [-0.25, -0.2) is 13.8 Å². The molecule has 0 unspecified atom stereocenters. The third-order valence-electron chi connectivity index (χ3n) is 6.12. The smallest absolute Gasteiger partial charge is 0.272 e. The monoisotopic (exact) mass is 526 g/mol. The second-order valence-corrected chi connectivity index (χ2v) is 10.9. The molecule has 0 atom stereocenters. The molecular formula is C26H28F2N6O2S. The number of para-hydroxylation sites is 2. The Morgan fingerprint density at radius 3 is 2.68 bits per heavy atom. The van der Waals surface area contributed by atoms with Gasteiger partial charge in [0.2, 0.25) is 5.95 Å². The van der Waals surface area contributed by atoms with Crippen molar-refractivity contribution in [3.63, 3.8) is 0 Å². The van der Waals surface area contributed by atoms with Gasteiger partial charge in [-0.1, -0.05) is 18.2 Å². The molecule has 11 heteroatoms. The van der Waals surface area contributed by atoms with E-state index in [4.69, 9.17) is 5.73 Å². The van der Waals surface area contributed by atoms with E-state index in [1.807, 2.05) is 48.7 Å². The second kappa shape index (κ2) is 10.8. The lowest BCUT2D eigenvalue weighted by molar-refractivity contribution is -0.133. The van der Waals surface area contributed by atoms with E-state index < -0.39 is 12.3 Å². The number of thiophene rings is 1. The molecule has 8 nitrogen and oxygen atoms in total. The third-order valence-corrected chi connectivity index (χ3v) is 7.21. The Kier molecular flexibility index (Phi) is 7.71. The van der Waals surface area contributed by atoms with Gasteiger partial charge in [-0.3, -0.25) is 14.9 Å². The maximum Gasteiger partial charge on any atom is 0.272 e. The van der Waals surface area contributed by atoms with Gasteiger partial charge in [-0.2, -0.15) is 5.26 Å². The summed E-state index contributed by atoms with van der Waals surface area (Å²) in [6, 6.07) is 12.0. The number of likely N-dealkylation sites (tertiary alicyclic amines) is 1. The number of benzene rings is 1. The molecule has 2 aromatic heterocycles. The van der Waals surface area contributed by atoms with Crippen LogP contribution < -0.4 is 11.1 Å². The average molecular weight is 527 g/mol. The van der Waals surface area contributed by atoms with Crippen LogP contribution in [0.4, 0.5) is 14.7 Å². The number of hydrogen-bond acceptors (Lipinski definition) is 6. The summed E-state index contributed by atoms with van der Waals surface area (Å²) in [6.45, 7) is 5.20. The number of rotatable bonds is 9. The number of fused-ring (bicyclic) bond motifs is 1. The van der Waals surface area contributed by atoms with E-state index >= 15 is 0 Å². The maximum atomic E-state index is 12.9. The van der Waals surface area contributed by atoms with Crippen molar-refractivity contribution in [2.24, 2.45) is 11.7 Å². The van der Waals surface area contributed by atoms with Crippen LogP contribution in [0.1, 0.15) is 47.7 Å². The summed E-state index contributed by atoms with van der Waals surface area (Å²) >= 11 is 0.744. The van der Waals surface area contributed by atoms with Gasteiger partial charge in [0.05, 0.1) is 20.8 Å². The number of carbonyl (C=O) groups is 2. The quantitative estimate of drug-likeness (QED) is 0.309. The zero-order chi connectivity index (χ0) is 26.7. The minimum absolute atomic E-state index is 0.0901. The minimum Gasteiger partial charge on any atom is -0.337 e.